The lowest BCUT2D eigenvalue weighted by Crippen LogP contribution is -2.30. The predicted octanol–water partition coefficient (Wildman–Crippen LogP) is 6.52. The van der Waals surface area contributed by atoms with E-state index in [1.54, 1.807) is 16.6 Å². The molecule has 5 aromatic rings. The molecule has 8 nitrogen and oxygen atoms in total. The lowest BCUT2D eigenvalue weighted by atomic mass is 9.87. The molecule has 2 N–H and O–H groups in total. The number of hydrogen-bond donors (Lipinski definition) is 2. The van der Waals surface area contributed by atoms with Gasteiger partial charge in [-0.2, -0.15) is 0 Å². The Morgan fingerprint density at radius 1 is 1.23 bits per heavy atom. The van der Waals surface area contributed by atoms with Crippen molar-refractivity contribution in [3.8, 4) is 11.3 Å². The van der Waals surface area contributed by atoms with Crippen molar-refractivity contribution in [2.45, 2.75) is 42.8 Å². The third-order valence-corrected chi connectivity index (χ3v) is 9.80. The summed E-state index contributed by atoms with van der Waals surface area (Å²) < 4.78 is 21.9. The standard InChI is InChI=1S/C24H20FN5O2S2.C5H9N/c1-32-24(31)30-8-4-6-16(30)15-9-13-19(28-15)14-10-26-21(18(25)22(14)29-23(13)33-2)12-5-3-7-17-20(12)27-11-34-17;1-4-2-5(1)6-3-4/h3,5,7,9-11,16,28H,4,6,8H2,1-2H3;4-6H,1-3H2. The molecule has 1 unspecified atom stereocenters. The Hall–Kier alpha value is -3.28. The number of amides is 1. The van der Waals surface area contributed by atoms with Crippen LogP contribution < -0.4 is 5.32 Å². The van der Waals surface area contributed by atoms with Crippen LogP contribution in [0, 0.1) is 11.7 Å². The molecular formula is C29H29FN6O2S2. The van der Waals surface area contributed by atoms with Gasteiger partial charge in [0.1, 0.15) is 16.2 Å². The number of thioether (sulfide) groups is 1. The van der Waals surface area contributed by atoms with Crippen molar-refractivity contribution in [3.63, 3.8) is 0 Å². The second kappa shape index (κ2) is 10.3. The molecule has 1 amide bonds. The molecule has 9 rings (SSSR count). The quantitative estimate of drug-likeness (QED) is 0.236. The van der Waals surface area contributed by atoms with Crippen molar-refractivity contribution in [3.05, 3.63) is 47.5 Å². The Morgan fingerprint density at radius 2 is 2.10 bits per heavy atom. The fourth-order valence-electron chi connectivity index (χ4n) is 6.22. The van der Waals surface area contributed by atoms with Crippen LogP contribution in [0.5, 0.6) is 0 Å². The zero-order valence-corrected chi connectivity index (χ0v) is 23.9. The topological polar surface area (TPSA) is 96.0 Å². The molecule has 11 heteroatoms. The van der Waals surface area contributed by atoms with Crippen molar-refractivity contribution in [1.29, 1.82) is 0 Å². The average molecular weight is 577 g/mol. The van der Waals surface area contributed by atoms with Gasteiger partial charge in [-0.25, -0.2) is 19.2 Å². The molecule has 4 aromatic heterocycles. The molecule has 1 saturated carbocycles. The van der Waals surface area contributed by atoms with E-state index in [2.05, 4.69) is 20.3 Å². The van der Waals surface area contributed by atoms with Crippen LogP contribution in [0.2, 0.25) is 0 Å². The monoisotopic (exact) mass is 576 g/mol. The summed E-state index contributed by atoms with van der Waals surface area (Å²) in [6, 6.07) is 8.52. The lowest BCUT2D eigenvalue weighted by Gasteiger charge is -2.22. The number of carbonyl (C=O) groups is 1. The molecule has 40 heavy (non-hydrogen) atoms. The summed E-state index contributed by atoms with van der Waals surface area (Å²) >= 11 is 2.97. The van der Waals surface area contributed by atoms with Gasteiger partial charge in [0.15, 0.2) is 5.82 Å². The van der Waals surface area contributed by atoms with Crippen LogP contribution in [-0.2, 0) is 4.74 Å². The molecule has 4 aliphatic rings. The van der Waals surface area contributed by atoms with Crippen LogP contribution in [0.3, 0.4) is 0 Å². The van der Waals surface area contributed by atoms with Crippen molar-refractivity contribution in [1.82, 2.24) is 30.2 Å². The summed E-state index contributed by atoms with van der Waals surface area (Å²) in [5.74, 6) is 0.610. The number of benzene rings is 1. The van der Waals surface area contributed by atoms with Gasteiger partial charge in [-0.15, -0.1) is 23.1 Å². The number of carbonyl (C=O) groups excluding carboxylic acids is 1. The van der Waals surface area contributed by atoms with Crippen LogP contribution in [0.25, 0.3) is 43.3 Å². The van der Waals surface area contributed by atoms with E-state index in [1.807, 2.05) is 30.5 Å². The Labute approximate surface area is 238 Å². The van der Waals surface area contributed by atoms with E-state index in [-0.39, 0.29) is 23.3 Å². The van der Waals surface area contributed by atoms with Crippen LogP contribution in [0.4, 0.5) is 9.18 Å². The Bertz CT molecular complexity index is 1730. The van der Waals surface area contributed by atoms with Gasteiger partial charge in [0.2, 0.25) is 0 Å². The first kappa shape index (κ1) is 25.7. The van der Waals surface area contributed by atoms with Crippen molar-refractivity contribution >= 4 is 61.2 Å². The van der Waals surface area contributed by atoms with E-state index < -0.39 is 5.82 Å². The average Bonchev–Trinajstić information content (AvgIpc) is 3.78. The predicted molar refractivity (Wildman–Crippen MR) is 157 cm³/mol. The Morgan fingerprint density at radius 3 is 2.83 bits per heavy atom. The smallest absolute Gasteiger partial charge is 0.410 e. The Kier molecular flexibility index (Phi) is 6.60. The number of H-pyrrole nitrogens is 1. The first-order chi connectivity index (χ1) is 19.6. The molecule has 1 aliphatic carbocycles. The van der Waals surface area contributed by atoms with Crippen molar-refractivity contribution in [2.75, 3.05) is 26.5 Å². The highest BCUT2D eigenvalue weighted by atomic mass is 32.2. The second-order valence-corrected chi connectivity index (χ2v) is 12.3. The van der Waals surface area contributed by atoms with Gasteiger partial charge >= 0.3 is 6.09 Å². The molecule has 7 heterocycles. The summed E-state index contributed by atoms with van der Waals surface area (Å²) in [4.78, 5) is 31.0. The third-order valence-electron chi connectivity index (χ3n) is 8.31. The number of aromatic amines is 1. The van der Waals surface area contributed by atoms with Crippen LogP contribution in [-0.4, -0.2) is 63.4 Å². The van der Waals surface area contributed by atoms with E-state index in [0.717, 1.165) is 56.6 Å². The molecule has 3 aliphatic heterocycles. The van der Waals surface area contributed by atoms with Gasteiger partial charge in [0, 0.05) is 40.8 Å². The van der Waals surface area contributed by atoms with E-state index in [0.29, 0.717) is 17.5 Å². The highest BCUT2D eigenvalue weighted by Crippen LogP contribution is 2.39. The number of thiazole rings is 1. The number of hydrogen-bond acceptors (Lipinski definition) is 8. The van der Waals surface area contributed by atoms with E-state index in [1.165, 1.54) is 49.6 Å². The molecule has 1 atom stereocenters. The largest absolute Gasteiger partial charge is 0.453 e. The van der Waals surface area contributed by atoms with Gasteiger partial charge in [-0.3, -0.25) is 9.88 Å². The fraction of sp³-hybridized carbons (Fsp3) is 0.379. The normalized spacial score (nSPS) is 21.6. The number of halogens is 1. The molecule has 206 valence electrons. The number of pyridine rings is 2. The van der Waals surface area contributed by atoms with Gasteiger partial charge in [0.05, 0.1) is 34.4 Å². The van der Waals surface area contributed by atoms with Crippen molar-refractivity contribution in [2.24, 2.45) is 5.92 Å². The molecule has 2 bridgehead atoms. The maximum Gasteiger partial charge on any atom is 0.410 e. The summed E-state index contributed by atoms with van der Waals surface area (Å²) in [5, 5.41) is 5.61. The van der Waals surface area contributed by atoms with Crippen LogP contribution >= 0.6 is 23.1 Å². The van der Waals surface area contributed by atoms with Crippen LogP contribution in [0.1, 0.15) is 37.4 Å². The lowest BCUT2D eigenvalue weighted by molar-refractivity contribution is 0.118. The van der Waals surface area contributed by atoms with Gasteiger partial charge in [0.25, 0.3) is 0 Å². The SMILES string of the molecule is C1NC2CC1C2.COC(=O)N1CCCC1c1cc2c(SC)nc3c(F)c(-c4cccc5scnc45)ncc3c2[nH]1. The summed E-state index contributed by atoms with van der Waals surface area (Å²) in [6.45, 7) is 1.95. The van der Waals surface area contributed by atoms with Gasteiger partial charge in [-0.1, -0.05) is 12.1 Å². The number of para-hydroxylation sites is 1. The van der Waals surface area contributed by atoms with Gasteiger partial charge < -0.3 is 15.0 Å². The number of nitrogens with one attached hydrogen (secondary N) is 2. The fourth-order valence-corrected chi connectivity index (χ4v) is 7.48. The summed E-state index contributed by atoms with van der Waals surface area (Å²) in [7, 11) is 1.39. The zero-order chi connectivity index (χ0) is 27.4. The molecule has 0 radical (unpaired) electrons. The first-order valence-electron chi connectivity index (χ1n) is 13.5. The van der Waals surface area contributed by atoms with Crippen LogP contribution in [0.15, 0.2) is 41.0 Å². The number of likely N-dealkylation sites (tertiary alicyclic amines) is 1. The number of nitrogens with zero attached hydrogens (tertiary/aromatic N) is 4. The van der Waals surface area contributed by atoms with Crippen molar-refractivity contribution < 1.29 is 13.9 Å². The summed E-state index contributed by atoms with van der Waals surface area (Å²) in [6.07, 6.45) is 7.92. The highest BCUT2D eigenvalue weighted by Gasteiger charge is 2.35. The number of methoxy groups -OCH3 is 1. The molecule has 1 aromatic carbocycles. The number of rotatable bonds is 3. The second-order valence-electron chi connectivity index (χ2n) is 10.6. The van der Waals surface area contributed by atoms with E-state index >= 15 is 4.39 Å². The zero-order valence-electron chi connectivity index (χ0n) is 22.2. The van der Waals surface area contributed by atoms with E-state index in [4.69, 9.17) is 9.72 Å². The minimum absolute atomic E-state index is 0.121. The molecule has 3 saturated heterocycles. The molecule has 4 fully saturated rings. The minimum atomic E-state index is -0.469. The maximum absolute atomic E-state index is 15.9. The number of fused-ring (bicyclic) bond motifs is 5. The number of aromatic nitrogens is 4. The number of ether oxygens (including phenoxy) is 1. The minimum Gasteiger partial charge on any atom is -0.453 e. The Balaban J connectivity index is 0.000000386. The van der Waals surface area contributed by atoms with Gasteiger partial charge in [-0.05, 0) is 56.5 Å². The maximum atomic E-state index is 15.9. The summed E-state index contributed by atoms with van der Waals surface area (Å²) in [5.41, 5.74) is 5.29. The molecule has 0 spiro atoms. The van der Waals surface area contributed by atoms with E-state index in [9.17, 15) is 4.79 Å². The molecular weight excluding hydrogens is 547 g/mol. The highest BCUT2D eigenvalue weighted by molar-refractivity contribution is 7.98. The first-order valence-corrected chi connectivity index (χ1v) is 15.6. The third kappa shape index (κ3) is 4.22.